The van der Waals surface area contributed by atoms with Crippen molar-refractivity contribution in [3.63, 3.8) is 0 Å². The number of H-pyrrole nitrogens is 1. The molecule has 0 unspecified atom stereocenters. The van der Waals surface area contributed by atoms with Crippen molar-refractivity contribution in [2.24, 2.45) is 0 Å². The molecule has 0 atom stereocenters. The Bertz CT molecular complexity index is 880. The van der Waals surface area contributed by atoms with Gasteiger partial charge in [0, 0.05) is 24.4 Å². The van der Waals surface area contributed by atoms with Gasteiger partial charge in [0.05, 0.1) is 14.2 Å². The lowest BCUT2D eigenvalue weighted by molar-refractivity contribution is 0.102. The maximum Gasteiger partial charge on any atom is 0.258 e. The second-order valence-corrected chi connectivity index (χ2v) is 5.49. The molecule has 0 bridgehead atoms. The Morgan fingerprint density at radius 1 is 1.08 bits per heavy atom. The number of carbonyl (C=O) groups is 1. The summed E-state index contributed by atoms with van der Waals surface area (Å²) in [6.45, 7) is 0. The molecule has 0 radical (unpaired) electrons. The van der Waals surface area contributed by atoms with Crippen LogP contribution in [0.25, 0.3) is 0 Å². The van der Waals surface area contributed by atoms with Crippen molar-refractivity contribution in [1.82, 2.24) is 20.2 Å². The molecule has 0 spiro atoms. The molecule has 0 aliphatic heterocycles. The number of anilines is 1. The molecule has 134 valence electrons. The maximum absolute atomic E-state index is 12.1. The number of pyridine rings is 1. The van der Waals surface area contributed by atoms with Gasteiger partial charge in [-0.25, -0.2) is 0 Å². The topological polar surface area (TPSA) is 102 Å². The molecule has 1 amide bonds. The summed E-state index contributed by atoms with van der Waals surface area (Å²) in [5, 5.41) is 9.52. The zero-order valence-corrected chi connectivity index (χ0v) is 14.5. The van der Waals surface area contributed by atoms with Crippen molar-refractivity contribution in [2.45, 2.75) is 12.8 Å². The Hall–Kier alpha value is -3.42. The number of amides is 1. The van der Waals surface area contributed by atoms with Crippen LogP contribution in [0.4, 0.5) is 5.95 Å². The second-order valence-electron chi connectivity index (χ2n) is 5.49. The zero-order chi connectivity index (χ0) is 18.4. The fourth-order valence-corrected chi connectivity index (χ4v) is 2.44. The molecule has 3 rings (SSSR count). The van der Waals surface area contributed by atoms with Gasteiger partial charge in [-0.05, 0) is 36.2 Å². The van der Waals surface area contributed by atoms with Crippen LogP contribution in [0, 0.1) is 0 Å². The van der Waals surface area contributed by atoms with Crippen molar-refractivity contribution in [2.75, 3.05) is 19.5 Å². The minimum absolute atomic E-state index is 0.245. The van der Waals surface area contributed by atoms with Crippen LogP contribution in [0.2, 0.25) is 0 Å². The molecule has 0 saturated carbocycles. The van der Waals surface area contributed by atoms with E-state index in [-0.39, 0.29) is 11.9 Å². The lowest BCUT2D eigenvalue weighted by Gasteiger charge is -2.09. The van der Waals surface area contributed by atoms with Crippen LogP contribution >= 0.6 is 0 Å². The van der Waals surface area contributed by atoms with Gasteiger partial charge in [0.25, 0.3) is 5.91 Å². The van der Waals surface area contributed by atoms with Crippen LogP contribution in [0.15, 0.2) is 42.7 Å². The monoisotopic (exact) mass is 353 g/mol. The number of ether oxygens (including phenoxy) is 2. The Morgan fingerprint density at radius 2 is 1.85 bits per heavy atom. The highest BCUT2D eigenvalue weighted by atomic mass is 16.5. The minimum atomic E-state index is -0.280. The number of hydrogen-bond donors (Lipinski definition) is 2. The molecule has 0 saturated heterocycles. The van der Waals surface area contributed by atoms with Crippen molar-refractivity contribution >= 4 is 11.9 Å². The van der Waals surface area contributed by atoms with Crippen LogP contribution in [-0.2, 0) is 12.8 Å². The number of rotatable bonds is 7. The number of nitrogens with one attached hydrogen (secondary N) is 2. The highest BCUT2D eigenvalue weighted by Crippen LogP contribution is 2.27. The Morgan fingerprint density at radius 3 is 2.58 bits per heavy atom. The van der Waals surface area contributed by atoms with E-state index in [0.29, 0.717) is 29.3 Å². The van der Waals surface area contributed by atoms with E-state index in [0.717, 1.165) is 12.0 Å². The van der Waals surface area contributed by atoms with Gasteiger partial charge in [0.15, 0.2) is 11.5 Å². The summed E-state index contributed by atoms with van der Waals surface area (Å²) in [6, 6.07) is 9.03. The van der Waals surface area contributed by atoms with E-state index in [1.807, 2.05) is 18.2 Å². The van der Waals surface area contributed by atoms with E-state index < -0.39 is 0 Å². The molecule has 0 fully saturated rings. The molecule has 8 nitrogen and oxygen atoms in total. The van der Waals surface area contributed by atoms with Crippen LogP contribution in [-0.4, -0.2) is 40.3 Å². The number of aryl methyl sites for hydroxylation is 2. The molecule has 2 heterocycles. The number of methoxy groups -OCH3 is 2. The third kappa shape index (κ3) is 4.15. The number of aromatic amines is 1. The lowest BCUT2D eigenvalue weighted by atomic mass is 10.1. The first-order chi connectivity index (χ1) is 12.7. The van der Waals surface area contributed by atoms with Crippen LogP contribution < -0.4 is 14.8 Å². The SMILES string of the molecule is COc1ccc(CCc2nc(NC(=O)c3ccncc3)n[nH]2)cc1OC. The van der Waals surface area contributed by atoms with Crippen LogP contribution in [0.5, 0.6) is 11.5 Å². The molecule has 3 aromatic rings. The van der Waals surface area contributed by atoms with Crippen molar-refractivity contribution in [1.29, 1.82) is 0 Å². The van der Waals surface area contributed by atoms with Crippen molar-refractivity contribution in [3.05, 3.63) is 59.7 Å². The largest absolute Gasteiger partial charge is 0.493 e. The van der Waals surface area contributed by atoms with E-state index in [2.05, 4.69) is 25.5 Å². The van der Waals surface area contributed by atoms with Crippen molar-refractivity contribution < 1.29 is 14.3 Å². The Kier molecular flexibility index (Phi) is 5.43. The fourth-order valence-electron chi connectivity index (χ4n) is 2.44. The number of aromatic nitrogens is 4. The summed E-state index contributed by atoms with van der Waals surface area (Å²) >= 11 is 0. The minimum Gasteiger partial charge on any atom is -0.493 e. The third-order valence-electron chi connectivity index (χ3n) is 3.80. The quantitative estimate of drug-likeness (QED) is 0.675. The maximum atomic E-state index is 12.1. The molecule has 8 heteroatoms. The van der Waals surface area contributed by atoms with Gasteiger partial charge in [0.1, 0.15) is 5.82 Å². The Balaban J connectivity index is 1.59. The van der Waals surface area contributed by atoms with Gasteiger partial charge in [-0.2, -0.15) is 4.98 Å². The van der Waals surface area contributed by atoms with E-state index in [1.54, 1.807) is 38.7 Å². The Labute approximate surface area is 150 Å². The molecule has 26 heavy (non-hydrogen) atoms. The summed E-state index contributed by atoms with van der Waals surface area (Å²) in [5.74, 6) is 2.03. The van der Waals surface area contributed by atoms with E-state index in [9.17, 15) is 4.79 Å². The first-order valence-electron chi connectivity index (χ1n) is 8.03. The van der Waals surface area contributed by atoms with E-state index in [1.165, 1.54) is 0 Å². The summed E-state index contributed by atoms with van der Waals surface area (Å²) in [4.78, 5) is 20.3. The van der Waals surface area contributed by atoms with Crippen LogP contribution in [0.1, 0.15) is 21.7 Å². The second kappa shape index (κ2) is 8.11. The first-order valence-corrected chi connectivity index (χ1v) is 8.03. The third-order valence-corrected chi connectivity index (χ3v) is 3.80. The standard InChI is InChI=1S/C18H19N5O3/c1-25-14-5-3-12(11-15(14)26-2)4-6-16-20-18(23-22-16)21-17(24)13-7-9-19-10-8-13/h3,5,7-11H,4,6H2,1-2H3,(H2,20,21,22,23,24). The van der Waals surface area contributed by atoms with Crippen LogP contribution in [0.3, 0.4) is 0 Å². The fraction of sp³-hybridized carbons (Fsp3) is 0.222. The molecule has 1 aromatic carbocycles. The van der Waals surface area contributed by atoms with Crippen molar-refractivity contribution in [3.8, 4) is 11.5 Å². The van der Waals surface area contributed by atoms with E-state index in [4.69, 9.17) is 9.47 Å². The van der Waals surface area contributed by atoms with Gasteiger partial charge in [-0.3, -0.25) is 20.2 Å². The predicted molar refractivity (Wildman–Crippen MR) is 95.5 cm³/mol. The highest BCUT2D eigenvalue weighted by molar-refractivity contribution is 6.03. The van der Waals surface area contributed by atoms with Gasteiger partial charge in [-0.1, -0.05) is 6.07 Å². The summed E-state index contributed by atoms with van der Waals surface area (Å²) < 4.78 is 10.5. The number of nitrogens with zero attached hydrogens (tertiary/aromatic N) is 3. The number of carbonyl (C=O) groups excluding carboxylic acids is 1. The normalized spacial score (nSPS) is 10.4. The smallest absolute Gasteiger partial charge is 0.258 e. The summed E-state index contributed by atoms with van der Waals surface area (Å²) in [5.41, 5.74) is 1.58. The average Bonchev–Trinajstić information content (AvgIpc) is 3.14. The molecular formula is C18H19N5O3. The van der Waals surface area contributed by atoms with Gasteiger partial charge >= 0.3 is 0 Å². The molecule has 2 N–H and O–H groups in total. The number of benzene rings is 1. The van der Waals surface area contributed by atoms with Gasteiger partial charge in [0.2, 0.25) is 5.95 Å². The van der Waals surface area contributed by atoms with E-state index >= 15 is 0 Å². The summed E-state index contributed by atoms with van der Waals surface area (Å²) in [6.07, 6.45) is 4.50. The summed E-state index contributed by atoms with van der Waals surface area (Å²) in [7, 11) is 3.21. The lowest BCUT2D eigenvalue weighted by Crippen LogP contribution is -2.12. The van der Waals surface area contributed by atoms with Gasteiger partial charge < -0.3 is 9.47 Å². The molecular weight excluding hydrogens is 334 g/mol. The zero-order valence-electron chi connectivity index (χ0n) is 14.5. The predicted octanol–water partition coefficient (Wildman–Crippen LogP) is 2.25. The first kappa shape index (κ1) is 17.4. The molecule has 0 aliphatic rings. The van der Waals surface area contributed by atoms with Gasteiger partial charge in [-0.15, -0.1) is 5.10 Å². The molecule has 2 aromatic heterocycles. The molecule has 0 aliphatic carbocycles. The number of hydrogen-bond acceptors (Lipinski definition) is 6. The average molecular weight is 353 g/mol. The highest BCUT2D eigenvalue weighted by Gasteiger charge is 2.10.